The van der Waals surface area contributed by atoms with Crippen molar-refractivity contribution in [1.82, 2.24) is 14.3 Å². The van der Waals surface area contributed by atoms with E-state index in [0.717, 1.165) is 4.70 Å². The molecule has 0 radical (unpaired) electrons. The number of sulfonamides is 1. The predicted octanol–water partition coefficient (Wildman–Crippen LogP) is 3.58. The number of carbonyl (C=O) groups is 1. The number of hydrogen-bond acceptors (Lipinski definition) is 9. The van der Waals surface area contributed by atoms with Crippen LogP contribution < -0.4 is 14.4 Å². The highest BCUT2D eigenvalue weighted by Gasteiger charge is 2.28. The van der Waals surface area contributed by atoms with Crippen molar-refractivity contribution in [3.63, 3.8) is 0 Å². The number of carbonyl (C=O) groups excluding carboxylic acids is 1. The summed E-state index contributed by atoms with van der Waals surface area (Å²) in [6.07, 6.45) is 1.66. The Morgan fingerprint density at radius 2 is 1.74 bits per heavy atom. The highest BCUT2D eigenvalue weighted by molar-refractivity contribution is 7.89. The molecule has 0 atom stereocenters. The van der Waals surface area contributed by atoms with Gasteiger partial charge in [0.1, 0.15) is 21.7 Å². The van der Waals surface area contributed by atoms with Crippen LogP contribution in [-0.2, 0) is 21.3 Å². The third kappa shape index (κ3) is 5.07. The van der Waals surface area contributed by atoms with Crippen molar-refractivity contribution in [3.05, 3.63) is 72.1 Å². The van der Waals surface area contributed by atoms with Crippen molar-refractivity contribution < 1.29 is 27.4 Å². The zero-order valence-electron chi connectivity index (χ0n) is 20.9. The Morgan fingerprint density at radius 3 is 2.39 bits per heavy atom. The maximum Gasteiger partial charge on any atom is 0.260 e. The summed E-state index contributed by atoms with van der Waals surface area (Å²) in [5.74, 6) is 0.835. The van der Waals surface area contributed by atoms with Gasteiger partial charge in [0.2, 0.25) is 10.0 Å². The summed E-state index contributed by atoms with van der Waals surface area (Å²) in [6, 6.07) is 15.0. The fraction of sp³-hybridized carbons (Fsp3) is 0.269. The number of rotatable bonds is 8. The zero-order chi connectivity index (χ0) is 26.7. The summed E-state index contributed by atoms with van der Waals surface area (Å²) < 4.78 is 44.4. The molecule has 3 heterocycles. The molecule has 0 N–H and O–H groups in total. The van der Waals surface area contributed by atoms with Gasteiger partial charge in [0.25, 0.3) is 5.91 Å². The number of benzene rings is 2. The highest BCUT2D eigenvalue weighted by Crippen LogP contribution is 2.40. The Labute approximate surface area is 224 Å². The van der Waals surface area contributed by atoms with E-state index in [4.69, 9.17) is 19.2 Å². The van der Waals surface area contributed by atoms with Gasteiger partial charge in [0, 0.05) is 24.8 Å². The van der Waals surface area contributed by atoms with E-state index in [-0.39, 0.29) is 17.3 Å². The van der Waals surface area contributed by atoms with Crippen LogP contribution in [0.4, 0.5) is 5.13 Å². The summed E-state index contributed by atoms with van der Waals surface area (Å²) in [4.78, 5) is 24.6. The van der Waals surface area contributed by atoms with Crippen LogP contribution in [-0.4, -0.2) is 69.1 Å². The van der Waals surface area contributed by atoms with Crippen LogP contribution in [0.2, 0.25) is 0 Å². The number of aromatic nitrogens is 2. The molecule has 198 valence electrons. The Balaban J connectivity index is 1.51. The molecule has 1 saturated heterocycles. The van der Waals surface area contributed by atoms with Gasteiger partial charge >= 0.3 is 0 Å². The lowest BCUT2D eigenvalue weighted by Gasteiger charge is -2.26. The lowest BCUT2D eigenvalue weighted by molar-refractivity contribution is 0.0730. The number of fused-ring (bicyclic) bond motifs is 1. The molecular weight excluding hydrogens is 528 g/mol. The monoisotopic (exact) mass is 554 g/mol. The van der Waals surface area contributed by atoms with Crippen LogP contribution in [0.5, 0.6) is 11.5 Å². The van der Waals surface area contributed by atoms with Crippen LogP contribution in [0.3, 0.4) is 0 Å². The maximum atomic E-state index is 13.8. The highest BCUT2D eigenvalue weighted by atomic mass is 32.2. The third-order valence-corrected chi connectivity index (χ3v) is 9.14. The summed E-state index contributed by atoms with van der Waals surface area (Å²) in [7, 11) is -0.545. The van der Waals surface area contributed by atoms with E-state index in [9.17, 15) is 13.2 Å². The van der Waals surface area contributed by atoms with Crippen LogP contribution in [0.1, 0.15) is 16.1 Å². The summed E-state index contributed by atoms with van der Waals surface area (Å²) >= 11 is 1.30. The largest absolute Gasteiger partial charge is 0.495 e. The summed E-state index contributed by atoms with van der Waals surface area (Å²) in [6.45, 7) is 1.47. The van der Waals surface area contributed by atoms with Crippen molar-refractivity contribution >= 4 is 42.6 Å². The number of ether oxygens (including phenoxy) is 3. The van der Waals surface area contributed by atoms with Gasteiger partial charge in [-0.3, -0.25) is 14.7 Å². The van der Waals surface area contributed by atoms with Gasteiger partial charge in [-0.15, -0.1) is 0 Å². The topological polar surface area (TPSA) is 111 Å². The molecule has 12 heteroatoms. The van der Waals surface area contributed by atoms with Crippen LogP contribution in [0.15, 0.2) is 65.7 Å². The molecule has 5 rings (SSSR count). The van der Waals surface area contributed by atoms with Crippen LogP contribution >= 0.6 is 11.3 Å². The molecular formula is C26H26N4O6S2. The van der Waals surface area contributed by atoms with Gasteiger partial charge in [0.15, 0.2) is 5.13 Å². The number of thiazole rings is 1. The predicted molar refractivity (Wildman–Crippen MR) is 143 cm³/mol. The van der Waals surface area contributed by atoms with E-state index < -0.39 is 10.0 Å². The lowest BCUT2D eigenvalue weighted by atomic mass is 10.2. The summed E-state index contributed by atoms with van der Waals surface area (Å²) in [5, 5.41) is 0.434. The Morgan fingerprint density at radius 1 is 1.03 bits per heavy atom. The minimum atomic E-state index is -3.68. The normalized spacial score (nSPS) is 14.4. The van der Waals surface area contributed by atoms with Gasteiger partial charge in [-0.1, -0.05) is 17.4 Å². The molecule has 4 aromatic rings. The van der Waals surface area contributed by atoms with Gasteiger partial charge in [0.05, 0.1) is 44.6 Å². The SMILES string of the molecule is COc1ccc(OC)c2sc(N(Cc3ccccn3)C(=O)c3ccc(S(=O)(=O)N4CCOCC4)cc3)nc12. The smallest absolute Gasteiger partial charge is 0.260 e. The quantitative estimate of drug-likeness (QED) is 0.325. The lowest BCUT2D eigenvalue weighted by Crippen LogP contribution is -2.40. The van der Waals surface area contributed by atoms with Crippen molar-refractivity contribution in [3.8, 4) is 11.5 Å². The summed E-state index contributed by atoms with van der Waals surface area (Å²) in [5.41, 5.74) is 1.57. The van der Waals surface area contributed by atoms with E-state index in [0.29, 0.717) is 59.7 Å². The first-order valence-corrected chi connectivity index (χ1v) is 14.1. The molecule has 1 aliphatic heterocycles. The molecule has 0 unspecified atom stereocenters. The van der Waals surface area contributed by atoms with Crippen molar-refractivity contribution in [2.75, 3.05) is 45.4 Å². The van der Waals surface area contributed by atoms with Gasteiger partial charge in [-0.05, 0) is 48.5 Å². The number of pyridine rings is 1. The number of nitrogens with zero attached hydrogens (tertiary/aromatic N) is 4. The van der Waals surface area contributed by atoms with Gasteiger partial charge in [-0.2, -0.15) is 4.31 Å². The van der Waals surface area contributed by atoms with E-state index in [1.54, 1.807) is 38.6 Å². The second-order valence-electron chi connectivity index (χ2n) is 8.40. The minimum Gasteiger partial charge on any atom is -0.495 e. The zero-order valence-corrected chi connectivity index (χ0v) is 22.5. The average Bonchev–Trinajstić information content (AvgIpc) is 3.41. The molecule has 2 aromatic heterocycles. The second-order valence-corrected chi connectivity index (χ2v) is 11.3. The number of methoxy groups -OCH3 is 2. The Hall–Kier alpha value is -3.58. The third-order valence-electron chi connectivity index (χ3n) is 6.13. The molecule has 0 aliphatic carbocycles. The first-order valence-electron chi connectivity index (χ1n) is 11.8. The fourth-order valence-corrected chi connectivity index (χ4v) is 6.61. The molecule has 0 bridgehead atoms. The molecule has 1 aliphatic rings. The number of hydrogen-bond donors (Lipinski definition) is 0. The van der Waals surface area contributed by atoms with E-state index in [1.807, 2.05) is 12.1 Å². The number of anilines is 1. The molecule has 1 fully saturated rings. The fourth-order valence-electron chi connectivity index (χ4n) is 4.13. The standard InChI is InChI=1S/C26H26N4O6S2/c1-34-21-10-11-22(35-2)24-23(21)28-26(37-24)30(17-19-5-3-4-12-27-19)25(31)18-6-8-20(9-7-18)38(32,33)29-13-15-36-16-14-29/h3-12H,13-17H2,1-2H3. The van der Waals surface area contributed by atoms with Gasteiger partial charge < -0.3 is 14.2 Å². The Bertz CT molecular complexity index is 1490. The minimum absolute atomic E-state index is 0.127. The molecule has 2 aromatic carbocycles. The first kappa shape index (κ1) is 26.0. The van der Waals surface area contributed by atoms with Crippen molar-refractivity contribution in [2.45, 2.75) is 11.4 Å². The van der Waals surface area contributed by atoms with E-state index in [2.05, 4.69) is 4.98 Å². The Kier molecular flexibility index (Phi) is 7.56. The molecule has 1 amide bonds. The van der Waals surface area contributed by atoms with Crippen LogP contribution in [0, 0.1) is 0 Å². The van der Waals surface area contributed by atoms with Crippen molar-refractivity contribution in [2.24, 2.45) is 0 Å². The number of amides is 1. The van der Waals surface area contributed by atoms with Gasteiger partial charge in [-0.25, -0.2) is 13.4 Å². The first-order chi connectivity index (χ1) is 18.4. The molecule has 10 nitrogen and oxygen atoms in total. The van der Waals surface area contributed by atoms with E-state index in [1.165, 1.54) is 44.8 Å². The number of morpholine rings is 1. The average molecular weight is 555 g/mol. The van der Waals surface area contributed by atoms with Crippen LogP contribution in [0.25, 0.3) is 10.2 Å². The van der Waals surface area contributed by atoms with Crippen molar-refractivity contribution in [1.29, 1.82) is 0 Å². The molecule has 0 spiro atoms. The maximum absolute atomic E-state index is 13.8. The molecule has 38 heavy (non-hydrogen) atoms. The second kappa shape index (κ2) is 11.0. The molecule has 0 saturated carbocycles. The van der Waals surface area contributed by atoms with E-state index >= 15 is 0 Å².